The third-order valence-electron chi connectivity index (χ3n) is 5.37. The normalized spacial score (nSPS) is 11.1. The average Bonchev–Trinajstić information content (AvgIpc) is 3.10. The van der Waals surface area contributed by atoms with Gasteiger partial charge in [0, 0.05) is 12.2 Å². The molecule has 0 saturated carbocycles. The molecule has 0 aromatic rings. The minimum absolute atomic E-state index is 0.193. The van der Waals surface area contributed by atoms with E-state index in [1.54, 1.807) is 0 Å². The summed E-state index contributed by atoms with van der Waals surface area (Å²) in [5.41, 5.74) is 0. The summed E-state index contributed by atoms with van der Waals surface area (Å²) in [5, 5.41) is 0. The Kier molecular flexibility index (Phi) is 39.3. The van der Waals surface area contributed by atoms with E-state index in [9.17, 15) is 9.59 Å². The van der Waals surface area contributed by atoms with Gasteiger partial charge in [0.05, 0.1) is 159 Å². The fourth-order valence-electron chi connectivity index (χ4n) is 3.04. The fraction of sp³-hybridized carbons (Fsp3) is 0.812. The lowest BCUT2D eigenvalue weighted by Crippen LogP contribution is -2.15. The van der Waals surface area contributed by atoms with Crippen molar-refractivity contribution in [1.29, 1.82) is 0 Å². The van der Waals surface area contributed by atoms with E-state index >= 15 is 0 Å². The molecule has 0 amide bonds. The van der Waals surface area contributed by atoms with Crippen molar-refractivity contribution >= 4 is 11.9 Å². The van der Waals surface area contributed by atoms with E-state index in [-0.39, 0.29) is 13.2 Å². The maximum atomic E-state index is 10.8. The van der Waals surface area contributed by atoms with Crippen molar-refractivity contribution in [1.82, 2.24) is 0 Å². The van der Waals surface area contributed by atoms with Crippen LogP contribution in [0.1, 0.15) is 0 Å². The van der Waals surface area contributed by atoms with Crippen LogP contribution in [-0.2, 0) is 75.9 Å². The molecule has 0 aromatic carbocycles. The van der Waals surface area contributed by atoms with Gasteiger partial charge in [-0.2, -0.15) is 0 Å². The first-order chi connectivity index (χ1) is 23.7. The summed E-state index contributed by atoms with van der Waals surface area (Å²) in [6, 6.07) is 0. The molecule has 0 rings (SSSR count). The molecule has 0 bridgehead atoms. The first-order valence-electron chi connectivity index (χ1n) is 16.2. The molecule has 0 aliphatic rings. The Labute approximate surface area is 285 Å². The molecule has 0 aliphatic heterocycles. The second-order valence-corrected chi connectivity index (χ2v) is 9.09. The average molecular weight is 699 g/mol. The van der Waals surface area contributed by atoms with Crippen LogP contribution in [0, 0.1) is 0 Å². The quantitative estimate of drug-likeness (QED) is 0.0496. The first kappa shape index (κ1) is 45.9. The molecule has 0 saturated heterocycles. The van der Waals surface area contributed by atoms with Crippen LogP contribution in [0.3, 0.4) is 0 Å². The topological polar surface area (TPSA) is 163 Å². The minimum atomic E-state index is -0.464. The summed E-state index contributed by atoms with van der Waals surface area (Å²) in [6.07, 6.45) is 2.22. The van der Waals surface area contributed by atoms with Crippen LogP contribution in [-0.4, -0.2) is 184 Å². The van der Waals surface area contributed by atoms with Gasteiger partial charge in [-0.05, 0) is 0 Å². The maximum Gasteiger partial charge on any atom is 0.330 e. The summed E-state index contributed by atoms with van der Waals surface area (Å²) in [7, 11) is 0. The molecule has 0 N–H and O–H groups in total. The lowest BCUT2D eigenvalue weighted by atomic mass is 10.6. The Hall–Kier alpha value is -2.06. The zero-order chi connectivity index (χ0) is 34.9. The van der Waals surface area contributed by atoms with E-state index in [4.69, 9.17) is 66.3 Å². The van der Waals surface area contributed by atoms with Crippen LogP contribution in [0.15, 0.2) is 25.3 Å². The van der Waals surface area contributed by atoms with Crippen LogP contribution in [0.5, 0.6) is 0 Å². The van der Waals surface area contributed by atoms with Gasteiger partial charge in [0.1, 0.15) is 13.2 Å². The van der Waals surface area contributed by atoms with Crippen LogP contribution in [0.2, 0.25) is 0 Å². The predicted molar refractivity (Wildman–Crippen MR) is 172 cm³/mol. The largest absolute Gasteiger partial charge is 0.460 e. The number of hydrogen-bond donors (Lipinski definition) is 0. The molecule has 0 heterocycles. The highest BCUT2D eigenvalue weighted by molar-refractivity contribution is 5.81. The summed E-state index contributed by atoms with van der Waals surface area (Å²) in [6.45, 7) is 18.0. The van der Waals surface area contributed by atoms with Gasteiger partial charge in [-0.25, -0.2) is 9.59 Å². The highest BCUT2D eigenvalue weighted by Gasteiger charge is 1.98. The minimum Gasteiger partial charge on any atom is -0.460 e. The van der Waals surface area contributed by atoms with Crippen molar-refractivity contribution in [2.45, 2.75) is 0 Å². The lowest BCUT2D eigenvalue weighted by molar-refractivity contribution is -0.140. The SMILES string of the molecule is C=CC(=O)OCCOCCOCCOCCOCCOCCOCCOCCOCCOCCOCCOCCOCCOC(=O)C=C. The van der Waals surface area contributed by atoms with Gasteiger partial charge in [0.15, 0.2) is 0 Å². The van der Waals surface area contributed by atoms with Crippen LogP contribution >= 0.6 is 0 Å². The summed E-state index contributed by atoms with van der Waals surface area (Å²) in [5.74, 6) is -0.927. The van der Waals surface area contributed by atoms with E-state index < -0.39 is 11.9 Å². The molecule has 0 atom stereocenters. The molecular weight excluding hydrogens is 640 g/mol. The molecule has 16 heteroatoms. The van der Waals surface area contributed by atoms with Gasteiger partial charge in [-0.15, -0.1) is 0 Å². The number of carbonyl (C=O) groups excluding carboxylic acids is 2. The number of carbonyl (C=O) groups is 2. The third-order valence-corrected chi connectivity index (χ3v) is 5.37. The van der Waals surface area contributed by atoms with E-state index in [1.165, 1.54) is 0 Å². The van der Waals surface area contributed by atoms with Crippen LogP contribution in [0.4, 0.5) is 0 Å². The van der Waals surface area contributed by atoms with E-state index in [2.05, 4.69) is 13.2 Å². The van der Waals surface area contributed by atoms with E-state index in [0.29, 0.717) is 159 Å². The van der Waals surface area contributed by atoms with Crippen molar-refractivity contribution in [2.24, 2.45) is 0 Å². The van der Waals surface area contributed by atoms with E-state index in [1.807, 2.05) is 0 Å². The van der Waals surface area contributed by atoms with Crippen molar-refractivity contribution in [3.8, 4) is 0 Å². The van der Waals surface area contributed by atoms with Crippen molar-refractivity contribution in [3.63, 3.8) is 0 Å². The lowest BCUT2D eigenvalue weighted by Gasteiger charge is -2.09. The second-order valence-electron chi connectivity index (χ2n) is 9.09. The Morgan fingerprint density at radius 3 is 0.521 bits per heavy atom. The van der Waals surface area contributed by atoms with Gasteiger partial charge in [-0.3, -0.25) is 0 Å². The Balaban J connectivity index is 3.07. The Morgan fingerprint density at radius 1 is 0.271 bits per heavy atom. The smallest absolute Gasteiger partial charge is 0.330 e. The number of esters is 2. The van der Waals surface area contributed by atoms with Crippen molar-refractivity contribution in [2.75, 3.05) is 172 Å². The standard InChI is InChI=1S/C32H58O16/c1-3-31(33)47-29-27-45-25-23-43-21-19-41-17-15-39-13-11-37-9-7-35-5-6-36-8-10-38-12-14-40-16-18-42-20-22-44-24-26-46-28-30-48-32(34)4-2/h3-4H,1-2,5-30H2. The molecule has 0 fully saturated rings. The van der Waals surface area contributed by atoms with Gasteiger partial charge in [0.25, 0.3) is 0 Å². The highest BCUT2D eigenvalue weighted by Crippen LogP contribution is 1.88. The maximum absolute atomic E-state index is 10.8. The van der Waals surface area contributed by atoms with Gasteiger partial charge < -0.3 is 66.3 Å². The predicted octanol–water partition coefficient (Wildman–Crippen LogP) is 0.644. The second kappa shape index (κ2) is 41.1. The van der Waals surface area contributed by atoms with Crippen LogP contribution < -0.4 is 0 Å². The van der Waals surface area contributed by atoms with Gasteiger partial charge >= 0.3 is 11.9 Å². The zero-order valence-corrected chi connectivity index (χ0v) is 28.5. The third kappa shape index (κ3) is 40.1. The van der Waals surface area contributed by atoms with Gasteiger partial charge in [0.2, 0.25) is 0 Å². The molecule has 0 aliphatic carbocycles. The Bertz CT molecular complexity index is 654. The van der Waals surface area contributed by atoms with E-state index in [0.717, 1.165) is 12.2 Å². The highest BCUT2D eigenvalue weighted by atomic mass is 16.6. The molecular formula is C32H58O16. The van der Waals surface area contributed by atoms with Crippen LogP contribution in [0.25, 0.3) is 0 Å². The molecule has 48 heavy (non-hydrogen) atoms. The first-order valence-corrected chi connectivity index (χ1v) is 16.2. The van der Waals surface area contributed by atoms with Crippen molar-refractivity contribution in [3.05, 3.63) is 25.3 Å². The number of ether oxygens (including phenoxy) is 14. The summed E-state index contributed by atoms with van der Waals surface area (Å²) >= 11 is 0. The van der Waals surface area contributed by atoms with Crippen molar-refractivity contribution < 1.29 is 75.9 Å². The molecule has 0 unspecified atom stereocenters. The monoisotopic (exact) mass is 698 g/mol. The summed E-state index contributed by atoms with van der Waals surface area (Å²) in [4.78, 5) is 21.7. The number of rotatable bonds is 41. The Morgan fingerprint density at radius 2 is 0.396 bits per heavy atom. The molecule has 0 radical (unpaired) electrons. The zero-order valence-electron chi connectivity index (χ0n) is 28.5. The summed E-state index contributed by atoms with van der Waals surface area (Å²) < 4.78 is 74.4. The fourth-order valence-corrected chi connectivity index (χ4v) is 3.04. The van der Waals surface area contributed by atoms with Gasteiger partial charge in [-0.1, -0.05) is 13.2 Å². The molecule has 282 valence electrons. The number of hydrogen-bond acceptors (Lipinski definition) is 16. The molecule has 16 nitrogen and oxygen atoms in total. The molecule has 0 aromatic heterocycles. The molecule has 0 spiro atoms.